The van der Waals surface area contributed by atoms with Crippen molar-refractivity contribution in [2.24, 2.45) is 11.8 Å². The fourth-order valence-electron chi connectivity index (χ4n) is 5.38. The van der Waals surface area contributed by atoms with Crippen LogP contribution in [0.25, 0.3) is 0 Å². The summed E-state index contributed by atoms with van der Waals surface area (Å²) in [6.07, 6.45) is -1.04. The summed E-state index contributed by atoms with van der Waals surface area (Å²) in [6, 6.07) is 16.7. The van der Waals surface area contributed by atoms with Gasteiger partial charge in [0.2, 0.25) is 29.0 Å². The number of ketones is 2. The number of anilines is 1. The first-order valence-electron chi connectivity index (χ1n) is 10.7. The van der Waals surface area contributed by atoms with E-state index in [4.69, 9.17) is 16.3 Å². The second-order valence-electron chi connectivity index (χ2n) is 8.65. The first-order valence-corrected chi connectivity index (χ1v) is 11.9. The van der Waals surface area contributed by atoms with Crippen LogP contribution in [0.2, 0.25) is 5.02 Å². The highest BCUT2D eigenvalue weighted by atomic mass is 79.9. The number of ether oxygens (including phenoxy) is 1. The molecule has 2 amide bonds. The molecule has 0 aromatic heterocycles. The van der Waals surface area contributed by atoms with E-state index in [1.165, 1.54) is 24.3 Å². The average Bonchev–Trinajstić information content (AvgIpc) is 3.41. The number of carbonyl (C=O) groups is 4. The van der Waals surface area contributed by atoms with Crippen LogP contribution in [0.3, 0.4) is 0 Å². The number of amides is 2. The largest absolute Gasteiger partial charge is 0.349 e. The van der Waals surface area contributed by atoms with Crippen LogP contribution in [0, 0.1) is 17.7 Å². The highest BCUT2D eigenvalue weighted by molar-refractivity contribution is 9.10. The van der Waals surface area contributed by atoms with Crippen LogP contribution in [0.5, 0.6) is 0 Å². The van der Waals surface area contributed by atoms with Crippen molar-refractivity contribution >= 4 is 56.6 Å². The molecular weight excluding hydrogens is 541 g/mol. The molecule has 6 nitrogen and oxygen atoms in total. The standard InChI is InChI=1S/C26H14BrClFNO5/c27-13-5-3-4-12(10-13)21-19-20(25(34)30(24(19)33)14-8-9-18(29)17(28)11-14)26(35-21)22(31)15-6-1-2-7-16(15)23(26)32/h1-11,19-21H/t19-,20-,21+/m0/s1. The molecule has 2 heterocycles. The fourth-order valence-corrected chi connectivity index (χ4v) is 5.97. The number of nitrogens with zero attached hydrogens (tertiary/aromatic N) is 1. The Morgan fingerprint density at radius 3 is 2.20 bits per heavy atom. The molecule has 2 fully saturated rings. The Bertz CT molecular complexity index is 1460. The molecule has 3 atom stereocenters. The third kappa shape index (κ3) is 2.90. The van der Waals surface area contributed by atoms with Gasteiger partial charge in [-0.25, -0.2) is 9.29 Å². The van der Waals surface area contributed by atoms with Gasteiger partial charge >= 0.3 is 0 Å². The Balaban J connectivity index is 1.55. The average molecular weight is 555 g/mol. The molecule has 3 aliphatic rings. The zero-order chi connectivity index (χ0) is 24.6. The van der Waals surface area contributed by atoms with Gasteiger partial charge in [-0.3, -0.25) is 19.2 Å². The van der Waals surface area contributed by atoms with E-state index in [0.717, 1.165) is 11.0 Å². The summed E-state index contributed by atoms with van der Waals surface area (Å²) in [5.74, 6) is -5.97. The van der Waals surface area contributed by atoms with Gasteiger partial charge in [0.1, 0.15) is 5.82 Å². The molecule has 9 heteroatoms. The fraction of sp³-hybridized carbons (Fsp3) is 0.154. The number of hydrogen-bond donors (Lipinski definition) is 0. The van der Waals surface area contributed by atoms with E-state index in [1.54, 1.807) is 36.4 Å². The van der Waals surface area contributed by atoms with Crippen molar-refractivity contribution in [1.82, 2.24) is 0 Å². The maximum atomic E-state index is 13.8. The quantitative estimate of drug-likeness (QED) is 0.331. The molecule has 2 aliphatic heterocycles. The number of imide groups is 1. The maximum absolute atomic E-state index is 13.8. The van der Waals surface area contributed by atoms with Crippen molar-refractivity contribution in [1.29, 1.82) is 0 Å². The molecule has 0 radical (unpaired) electrons. The smallest absolute Gasteiger partial charge is 0.241 e. The Hall–Kier alpha value is -3.20. The van der Waals surface area contributed by atoms with Crippen molar-refractivity contribution in [2.45, 2.75) is 11.7 Å². The van der Waals surface area contributed by atoms with E-state index >= 15 is 0 Å². The molecular formula is C26H14BrClFNO5. The summed E-state index contributed by atoms with van der Waals surface area (Å²) >= 11 is 9.31. The molecule has 174 valence electrons. The number of fused-ring (bicyclic) bond motifs is 3. The molecule has 3 aromatic carbocycles. The Kier molecular flexibility index (Phi) is 4.87. The Morgan fingerprint density at radius 2 is 1.57 bits per heavy atom. The summed E-state index contributed by atoms with van der Waals surface area (Å²) in [4.78, 5) is 55.8. The monoisotopic (exact) mass is 553 g/mol. The van der Waals surface area contributed by atoms with Gasteiger partial charge in [0.05, 0.1) is 28.6 Å². The van der Waals surface area contributed by atoms with Crippen LogP contribution in [-0.2, 0) is 14.3 Å². The highest BCUT2D eigenvalue weighted by Crippen LogP contribution is 2.57. The third-order valence-corrected chi connectivity index (χ3v) is 7.64. The van der Waals surface area contributed by atoms with E-state index in [9.17, 15) is 23.6 Å². The predicted octanol–water partition coefficient (Wildman–Crippen LogP) is 4.94. The summed E-state index contributed by atoms with van der Waals surface area (Å²) < 4.78 is 20.7. The minimum atomic E-state index is -2.17. The van der Waals surface area contributed by atoms with Crippen LogP contribution in [0.1, 0.15) is 32.4 Å². The van der Waals surface area contributed by atoms with E-state index in [0.29, 0.717) is 10.0 Å². The minimum absolute atomic E-state index is 0.0550. The number of benzene rings is 3. The van der Waals surface area contributed by atoms with E-state index in [-0.39, 0.29) is 21.8 Å². The predicted molar refractivity (Wildman–Crippen MR) is 127 cm³/mol. The molecule has 0 saturated carbocycles. The van der Waals surface area contributed by atoms with Gasteiger partial charge in [-0.1, -0.05) is 63.9 Å². The molecule has 2 saturated heterocycles. The van der Waals surface area contributed by atoms with Gasteiger partial charge in [0, 0.05) is 15.6 Å². The molecule has 3 aromatic rings. The highest BCUT2D eigenvalue weighted by Gasteiger charge is 2.74. The zero-order valence-corrected chi connectivity index (χ0v) is 20.0. The van der Waals surface area contributed by atoms with Gasteiger partial charge in [-0.05, 0) is 35.9 Å². The summed E-state index contributed by atoms with van der Waals surface area (Å²) in [6.45, 7) is 0. The van der Waals surface area contributed by atoms with Gasteiger partial charge in [0.15, 0.2) is 0 Å². The van der Waals surface area contributed by atoms with Crippen LogP contribution in [0.15, 0.2) is 71.2 Å². The summed E-state index contributed by atoms with van der Waals surface area (Å²) in [7, 11) is 0. The molecule has 0 unspecified atom stereocenters. The number of carbonyl (C=O) groups excluding carboxylic acids is 4. The Labute approximate surface area is 211 Å². The first kappa shape index (κ1) is 22.3. The van der Waals surface area contributed by atoms with Crippen molar-refractivity contribution < 1.29 is 28.3 Å². The van der Waals surface area contributed by atoms with E-state index in [1.807, 2.05) is 0 Å². The van der Waals surface area contributed by atoms with Crippen LogP contribution < -0.4 is 4.90 Å². The van der Waals surface area contributed by atoms with Crippen LogP contribution in [-0.4, -0.2) is 29.0 Å². The molecule has 1 aliphatic carbocycles. The van der Waals surface area contributed by atoms with Gasteiger partial charge < -0.3 is 4.74 Å². The van der Waals surface area contributed by atoms with Gasteiger partial charge in [-0.2, -0.15) is 0 Å². The van der Waals surface area contributed by atoms with Gasteiger partial charge in [-0.15, -0.1) is 0 Å². The molecule has 0 bridgehead atoms. The Morgan fingerprint density at radius 1 is 0.886 bits per heavy atom. The lowest BCUT2D eigenvalue weighted by molar-refractivity contribution is -0.127. The zero-order valence-electron chi connectivity index (χ0n) is 17.7. The number of rotatable bonds is 2. The lowest BCUT2D eigenvalue weighted by Gasteiger charge is -2.27. The molecule has 1 spiro atoms. The van der Waals surface area contributed by atoms with Gasteiger partial charge in [0.25, 0.3) is 0 Å². The third-order valence-electron chi connectivity index (χ3n) is 6.86. The lowest BCUT2D eigenvalue weighted by Crippen LogP contribution is -2.51. The second-order valence-corrected chi connectivity index (χ2v) is 9.97. The van der Waals surface area contributed by atoms with Crippen LogP contribution in [0.4, 0.5) is 10.1 Å². The van der Waals surface area contributed by atoms with Crippen LogP contribution >= 0.6 is 27.5 Å². The first-order chi connectivity index (χ1) is 16.8. The molecule has 0 N–H and O–H groups in total. The minimum Gasteiger partial charge on any atom is -0.349 e. The molecule has 35 heavy (non-hydrogen) atoms. The van der Waals surface area contributed by atoms with Crippen molar-refractivity contribution in [2.75, 3.05) is 4.90 Å². The van der Waals surface area contributed by atoms with E-state index in [2.05, 4.69) is 15.9 Å². The number of Topliss-reactive ketones (excluding diaryl/α,β-unsaturated/α-hetero) is 2. The second kappa shape index (κ2) is 7.65. The lowest BCUT2D eigenvalue weighted by atomic mass is 9.77. The van der Waals surface area contributed by atoms with Crippen molar-refractivity contribution in [3.05, 3.63) is 98.7 Å². The van der Waals surface area contributed by atoms with Crippen molar-refractivity contribution in [3.8, 4) is 0 Å². The number of halogens is 3. The van der Waals surface area contributed by atoms with E-state index < -0.39 is 52.7 Å². The topological polar surface area (TPSA) is 80.8 Å². The number of hydrogen-bond acceptors (Lipinski definition) is 5. The SMILES string of the molecule is O=C1[C@@H]2[C@@H](c3cccc(Br)c3)OC3(C(=O)c4ccccc4C3=O)[C@@H]2C(=O)N1c1ccc(F)c(Cl)c1. The molecule has 6 rings (SSSR count). The normalized spacial score (nSPS) is 24.4. The van der Waals surface area contributed by atoms with Crippen molar-refractivity contribution in [3.63, 3.8) is 0 Å². The summed E-state index contributed by atoms with van der Waals surface area (Å²) in [5.41, 5.74) is -1.29. The summed E-state index contributed by atoms with van der Waals surface area (Å²) in [5, 5.41) is -0.268. The maximum Gasteiger partial charge on any atom is 0.241 e.